The Morgan fingerprint density at radius 2 is 1.84 bits per heavy atom. The zero-order valence-electron chi connectivity index (χ0n) is 16.6. The molecule has 8 nitrogen and oxygen atoms in total. The highest BCUT2D eigenvalue weighted by Crippen LogP contribution is 2.35. The molecule has 0 amide bonds. The molecule has 2 heterocycles. The van der Waals surface area contributed by atoms with Crippen molar-refractivity contribution in [1.82, 2.24) is 0 Å². The van der Waals surface area contributed by atoms with Crippen LogP contribution in [0.4, 0.5) is 0 Å². The Balaban J connectivity index is 1.49. The van der Waals surface area contributed by atoms with Gasteiger partial charge in [0.25, 0.3) is 0 Å². The molecule has 2 aliphatic heterocycles. The van der Waals surface area contributed by atoms with Crippen LogP contribution in [0.5, 0.6) is 5.75 Å². The molecule has 0 bridgehead atoms. The second kappa shape index (κ2) is 9.59. The number of aromatic hydroxyl groups is 1. The summed E-state index contributed by atoms with van der Waals surface area (Å²) in [7, 11) is 0. The van der Waals surface area contributed by atoms with Gasteiger partial charge in [0.05, 0.1) is 13.2 Å². The van der Waals surface area contributed by atoms with E-state index in [-0.39, 0.29) is 12.4 Å². The van der Waals surface area contributed by atoms with Gasteiger partial charge in [0, 0.05) is 6.08 Å². The summed E-state index contributed by atoms with van der Waals surface area (Å²) in [6, 6.07) is 15.7. The summed E-state index contributed by atoms with van der Waals surface area (Å²) in [6.45, 7) is -0.242. The molecule has 0 unspecified atom stereocenters. The Hall–Kier alpha value is -2.75. The van der Waals surface area contributed by atoms with E-state index in [4.69, 9.17) is 18.9 Å². The molecule has 2 saturated heterocycles. The molecule has 164 valence electrons. The molecule has 0 aliphatic carbocycles. The van der Waals surface area contributed by atoms with Gasteiger partial charge >= 0.3 is 5.97 Å². The number of phenols is 1. The molecule has 0 aromatic heterocycles. The van der Waals surface area contributed by atoms with Crippen LogP contribution in [0, 0.1) is 0 Å². The monoisotopic (exact) mass is 428 g/mol. The first-order valence-corrected chi connectivity index (χ1v) is 9.99. The van der Waals surface area contributed by atoms with E-state index in [0.717, 1.165) is 5.56 Å². The van der Waals surface area contributed by atoms with Crippen LogP contribution in [0.3, 0.4) is 0 Å². The maximum Gasteiger partial charge on any atom is 0.331 e. The molecular formula is C23H24O8. The first-order chi connectivity index (χ1) is 15.0. The van der Waals surface area contributed by atoms with Crippen LogP contribution in [0.2, 0.25) is 0 Å². The lowest BCUT2D eigenvalue weighted by atomic mass is 9.97. The number of phenolic OH excluding ortho intramolecular Hbond substituents is 1. The van der Waals surface area contributed by atoms with E-state index in [2.05, 4.69) is 0 Å². The van der Waals surface area contributed by atoms with Gasteiger partial charge in [0.2, 0.25) is 0 Å². The number of esters is 1. The molecule has 2 aromatic rings. The van der Waals surface area contributed by atoms with Gasteiger partial charge in [0.1, 0.15) is 30.2 Å². The number of ether oxygens (including phenoxy) is 4. The minimum absolute atomic E-state index is 0.119. The number of hydrogen-bond donors (Lipinski definition) is 3. The Bertz CT molecular complexity index is 898. The molecule has 8 heteroatoms. The van der Waals surface area contributed by atoms with Crippen molar-refractivity contribution in [1.29, 1.82) is 0 Å². The zero-order valence-corrected chi connectivity index (χ0v) is 16.6. The second-order valence-corrected chi connectivity index (χ2v) is 7.38. The van der Waals surface area contributed by atoms with Crippen LogP contribution >= 0.6 is 0 Å². The average molecular weight is 428 g/mol. The standard InChI is InChI=1S/C23H24O8/c24-12-17-20(27)21(31-19(26)11-8-14-6-9-16(25)10-7-14)22-23(30-17)28-13-18(29-22)15-4-2-1-3-5-15/h1-11,17-18,20-25,27H,12-13H2/b11-8+/t17-,18-,20-,21+,22-,23-/m1/s1. The predicted octanol–water partition coefficient (Wildman–Crippen LogP) is 1.55. The number of aliphatic hydroxyl groups excluding tert-OH is 2. The Kier molecular flexibility index (Phi) is 6.64. The molecular weight excluding hydrogens is 404 g/mol. The third kappa shape index (κ3) is 4.95. The fourth-order valence-corrected chi connectivity index (χ4v) is 3.63. The van der Waals surface area contributed by atoms with Gasteiger partial charge in [-0.2, -0.15) is 0 Å². The molecule has 6 atom stereocenters. The van der Waals surface area contributed by atoms with Crippen LogP contribution in [0.25, 0.3) is 6.08 Å². The van der Waals surface area contributed by atoms with E-state index < -0.39 is 49.4 Å². The van der Waals surface area contributed by atoms with Crippen molar-refractivity contribution in [3.63, 3.8) is 0 Å². The molecule has 0 radical (unpaired) electrons. The van der Waals surface area contributed by atoms with Crippen LogP contribution in [0.15, 0.2) is 60.7 Å². The molecule has 0 spiro atoms. The third-order valence-corrected chi connectivity index (χ3v) is 5.26. The van der Waals surface area contributed by atoms with Gasteiger partial charge in [-0.3, -0.25) is 0 Å². The summed E-state index contributed by atoms with van der Waals surface area (Å²) in [4.78, 5) is 12.4. The summed E-state index contributed by atoms with van der Waals surface area (Å²) < 4.78 is 23.0. The molecule has 3 N–H and O–H groups in total. The van der Waals surface area contributed by atoms with Crippen molar-refractivity contribution in [2.24, 2.45) is 0 Å². The first-order valence-electron chi connectivity index (χ1n) is 9.99. The summed E-state index contributed by atoms with van der Waals surface area (Å²) >= 11 is 0. The predicted molar refractivity (Wildman–Crippen MR) is 109 cm³/mol. The maximum atomic E-state index is 12.4. The lowest BCUT2D eigenvalue weighted by molar-refractivity contribution is -0.350. The highest BCUT2D eigenvalue weighted by atomic mass is 16.7. The van der Waals surface area contributed by atoms with E-state index in [1.54, 1.807) is 12.1 Å². The normalized spacial score (nSPS) is 30.6. The highest BCUT2D eigenvalue weighted by molar-refractivity contribution is 5.87. The maximum absolute atomic E-state index is 12.4. The third-order valence-electron chi connectivity index (χ3n) is 5.26. The zero-order chi connectivity index (χ0) is 21.8. The summed E-state index contributed by atoms with van der Waals surface area (Å²) in [5.74, 6) is -0.576. The molecule has 2 aromatic carbocycles. The topological polar surface area (TPSA) is 115 Å². The van der Waals surface area contributed by atoms with Crippen LogP contribution < -0.4 is 0 Å². The number of hydrogen-bond acceptors (Lipinski definition) is 8. The molecule has 2 fully saturated rings. The first kappa shape index (κ1) is 21.5. The van der Waals surface area contributed by atoms with Crippen LogP contribution in [-0.4, -0.2) is 65.2 Å². The fraction of sp³-hybridized carbons (Fsp3) is 0.348. The fourth-order valence-electron chi connectivity index (χ4n) is 3.63. The van der Waals surface area contributed by atoms with Crippen molar-refractivity contribution >= 4 is 12.0 Å². The minimum atomic E-state index is -1.30. The van der Waals surface area contributed by atoms with E-state index in [1.165, 1.54) is 24.3 Å². The highest BCUT2D eigenvalue weighted by Gasteiger charge is 2.51. The Morgan fingerprint density at radius 1 is 1.10 bits per heavy atom. The summed E-state index contributed by atoms with van der Waals surface area (Å²) in [5, 5.41) is 29.5. The van der Waals surface area contributed by atoms with Crippen molar-refractivity contribution in [3.05, 3.63) is 71.8 Å². The molecule has 2 aliphatic rings. The number of rotatable bonds is 5. The van der Waals surface area contributed by atoms with E-state index in [1.807, 2.05) is 30.3 Å². The molecule has 4 rings (SSSR count). The van der Waals surface area contributed by atoms with Gasteiger partial charge in [-0.05, 0) is 29.3 Å². The second-order valence-electron chi connectivity index (χ2n) is 7.38. The van der Waals surface area contributed by atoms with Crippen molar-refractivity contribution in [3.8, 4) is 5.75 Å². The number of benzene rings is 2. The largest absolute Gasteiger partial charge is 0.508 e. The van der Waals surface area contributed by atoms with Gasteiger partial charge in [0.15, 0.2) is 12.4 Å². The van der Waals surface area contributed by atoms with E-state index in [9.17, 15) is 20.1 Å². The van der Waals surface area contributed by atoms with Crippen LogP contribution in [-0.2, 0) is 23.7 Å². The number of fused-ring (bicyclic) bond motifs is 1. The van der Waals surface area contributed by atoms with E-state index >= 15 is 0 Å². The Morgan fingerprint density at radius 3 is 2.55 bits per heavy atom. The van der Waals surface area contributed by atoms with Gasteiger partial charge in [-0.25, -0.2) is 4.79 Å². The Labute approximate surface area is 179 Å². The average Bonchev–Trinajstić information content (AvgIpc) is 2.80. The van der Waals surface area contributed by atoms with Gasteiger partial charge in [-0.15, -0.1) is 0 Å². The molecule has 31 heavy (non-hydrogen) atoms. The van der Waals surface area contributed by atoms with Crippen molar-refractivity contribution in [2.45, 2.75) is 36.8 Å². The number of carbonyl (C=O) groups excluding carboxylic acids is 1. The summed E-state index contributed by atoms with van der Waals surface area (Å²) in [6.07, 6.45) is -2.80. The van der Waals surface area contributed by atoms with Crippen molar-refractivity contribution < 1.29 is 39.1 Å². The summed E-state index contributed by atoms with van der Waals surface area (Å²) in [5.41, 5.74) is 1.58. The minimum Gasteiger partial charge on any atom is -0.508 e. The lowest BCUT2D eigenvalue weighted by Gasteiger charge is -2.47. The van der Waals surface area contributed by atoms with Crippen molar-refractivity contribution in [2.75, 3.05) is 13.2 Å². The number of aliphatic hydroxyl groups is 2. The van der Waals surface area contributed by atoms with Crippen LogP contribution in [0.1, 0.15) is 17.2 Å². The van der Waals surface area contributed by atoms with Gasteiger partial charge in [-0.1, -0.05) is 42.5 Å². The van der Waals surface area contributed by atoms with Gasteiger partial charge < -0.3 is 34.3 Å². The smallest absolute Gasteiger partial charge is 0.331 e. The molecule has 0 saturated carbocycles. The van der Waals surface area contributed by atoms with E-state index in [0.29, 0.717) is 5.56 Å². The lowest BCUT2D eigenvalue weighted by Crippen LogP contribution is -2.63. The quantitative estimate of drug-likeness (QED) is 0.486. The SMILES string of the molecule is O=C(/C=C/c1ccc(O)cc1)O[C@H]1[C@H](O)[C@@H](CO)O[C@H]2OC[C@H](c3ccccc3)O[C@@H]21. The number of carbonyl (C=O) groups is 1.